The summed E-state index contributed by atoms with van der Waals surface area (Å²) in [6.45, 7) is 4.92. The molecule has 3 heteroatoms. The Bertz CT molecular complexity index is 568. The summed E-state index contributed by atoms with van der Waals surface area (Å²) in [5.41, 5.74) is 4.05. The van der Waals surface area contributed by atoms with E-state index in [0.29, 0.717) is 5.02 Å². The monoisotopic (exact) mass is 275 g/mol. The Morgan fingerprint density at radius 1 is 1.16 bits per heavy atom. The molecular formula is C16H18ClNO. The SMILES string of the molecule is CCN(c1cccc(C)c1)c1cccc(Cl)c1CO. The van der Waals surface area contributed by atoms with Gasteiger partial charge in [0.2, 0.25) is 0 Å². The van der Waals surface area contributed by atoms with Gasteiger partial charge in [-0.25, -0.2) is 0 Å². The molecule has 2 aromatic rings. The van der Waals surface area contributed by atoms with Crippen LogP contribution in [0.25, 0.3) is 0 Å². The van der Waals surface area contributed by atoms with E-state index in [9.17, 15) is 5.11 Å². The quantitative estimate of drug-likeness (QED) is 0.899. The molecule has 2 aromatic carbocycles. The van der Waals surface area contributed by atoms with E-state index in [1.807, 2.05) is 18.2 Å². The van der Waals surface area contributed by atoms with E-state index in [-0.39, 0.29) is 6.61 Å². The molecule has 0 unspecified atom stereocenters. The first-order valence-corrected chi connectivity index (χ1v) is 6.77. The molecule has 0 spiro atoms. The number of anilines is 2. The molecule has 0 saturated carbocycles. The molecule has 100 valence electrons. The molecule has 0 aromatic heterocycles. The molecule has 0 aliphatic rings. The van der Waals surface area contributed by atoms with Gasteiger partial charge in [-0.05, 0) is 43.7 Å². The molecule has 0 aliphatic carbocycles. The normalized spacial score (nSPS) is 10.5. The van der Waals surface area contributed by atoms with Gasteiger partial charge in [-0.3, -0.25) is 0 Å². The number of hydrogen-bond donors (Lipinski definition) is 1. The van der Waals surface area contributed by atoms with Crippen molar-refractivity contribution < 1.29 is 5.11 Å². The molecule has 2 rings (SSSR count). The Labute approximate surface area is 119 Å². The third-order valence-corrected chi connectivity index (χ3v) is 3.53. The summed E-state index contributed by atoms with van der Waals surface area (Å²) in [6.07, 6.45) is 0. The van der Waals surface area contributed by atoms with Crippen molar-refractivity contribution in [3.63, 3.8) is 0 Å². The summed E-state index contributed by atoms with van der Waals surface area (Å²) in [6, 6.07) is 14.0. The molecule has 0 aliphatic heterocycles. The van der Waals surface area contributed by atoms with Crippen molar-refractivity contribution in [1.29, 1.82) is 0 Å². The van der Waals surface area contributed by atoms with Gasteiger partial charge in [0.1, 0.15) is 0 Å². The fourth-order valence-corrected chi connectivity index (χ4v) is 2.47. The van der Waals surface area contributed by atoms with E-state index >= 15 is 0 Å². The average molecular weight is 276 g/mol. The third kappa shape index (κ3) is 2.91. The minimum absolute atomic E-state index is 0.0582. The summed E-state index contributed by atoms with van der Waals surface area (Å²) in [7, 11) is 0. The zero-order valence-corrected chi connectivity index (χ0v) is 12.0. The molecular weight excluding hydrogens is 258 g/mol. The van der Waals surface area contributed by atoms with E-state index in [1.54, 1.807) is 6.07 Å². The van der Waals surface area contributed by atoms with E-state index in [1.165, 1.54) is 5.56 Å². The van der Waals surface area contributed by atoms with Crippen molar-refractivity contribution in [1.82, 2.24) is 0 Å². The number of nitrogens with zero attached hydrogens (tertiary/aromatic N) is 1. The second-order valence-corrected chi connectivity index (χ2v) is 4.89. The van der Waals surface area contributed by atoms with Crippen molar-refractivity contribution in [2.75, 3.05) is 11.4 Å². The highest BCUT2D eigenvalue weighted by atomic mass is 35.5. The van der Waals surface area contributed by atoms with Gasteiger partial charge in [-0.1, -0.05) is 29.8 Å². The highest BCUT2D eigenvalue weighted by Gasteiger charge is 2.13. The van der Waals surface area contributed by atoms with Crippen LogP contribution in [0, 0.1) is 6.92 Å². The second-order valence-electron chi connectivity index (χ2n) is 4.48. The molecule has 0 heterocycles. The number of hydrogen-bond acceptors (Lipinski definition) is 2. The van der Waals surface area contributed by atoms with Gasteiger partial charge >= 0.3 is 0 Å². The number of aliphatic hydroxyl groups excluding tert-OH is 1. The predicted octanol–water partition coefficient (Wildman–Crippen LogP) is 4.30. The minimum Gasteiger partial charge on any atom is -0.392 e. The summed E-state index contributed by atoms with van der Waals surface area (Å²) in [4.78, 5) is 2.16. The van der Waals surface area contributed by atoms with Crippen molar-refractivity contribution >= 4 is 23.0 Å². The van der Waals surface area contributed by atoms with E-state index in [2.05, 4.69) is 36.9 Å². The van der Waals surface area contributed by atoms with Crippen molar-refractivity contribution in [3.8, 4) is 0 Å². The maximum absolute atomic E-state index is 9.53. The van der Waals surface area contributed by atoms with Crippen LogP contribution in [-0.4, -0.2) is 11.7 Å². The molecule has 0 radical (unpaired) electrons. The van der Waals surface area contributed by atoms with Crippen LogP contribution < -0.4 is 4.90 Å². The van der Waals surface area contributed by atoms with E-state index in [0.717, 1.165) is 23.5 Å². The van der Waals surface area contributed by atoms with Crippen LogP contribution in [0.3, 0.4) is 0 Å². The van der Waals surface area contributed by atoms with Crippen molar-refractivity contribution in [2.45, 2.75) is 20.5 Å². The van der Waals surface area contributed by atoms with Crippen molar-refractivity contribution in [3.05, 3.63) is 58.6 Å². The third-order valence-electron chi connectivity index (χ3n) is 3.17. The Kier molecular flexibility index (Phi) is 4.46. The first kappa shape index (κ1) is 13.9. The van der Waals surface area contributed by atoms with Crippen LogP contribution in [0.5, 0.6) is 0 Å². The summed E-state index contributed by atoms with van der Waals surface area (Å²) in [5.74, 6) is 0. The van der Waals surface area contributed by atoms with Gasteiger partial charge < -0.3 is 10.0 Å². The Balaban J connectivity index is 2.51. The maximum atomic E-state index is 9.53. The van der Waals surface area contributed by atoms with Gasteiger partial charge in [0.15, 0.2) is 0 Å². The van der Waals surface area contributed by atoms with E-state index < -0.39 is 0 Å². The number of aryl methyl sites for hydroxylation is 1. The smallest absolute Gasteiger partial charge is 0.0716 e. The van der Waals surface area contributed by atoms with Crippen LogP contribution in [0.15, 0.2) is 42.5 Å². The topological polar surface area (TPSA) is 23.5 Å². The molecule has 2 nitrogen and oxygen atoms in total. The Hall–Kier alpha value is -1.51. The highest BCUT2D eigenvalue weighted by Crippen LogP contribution is 2.32. The molecule has 0 bridgehead atoms. The number of rotatable bonds is 4. The Morgan fingerprint density at radius 2 is 1.89 bits per heavy atom. The molecule has 0 fully saturated rings. The van der Waals surface area contributed by atoms with Gasteiger partial charge in [0.25, 0.3) is 0 Å². The maximum Gasteiger partial charge on any atom is 0.0716 e. The van der Waals surface area contributed by atoms with Gasteiger partial charge in [0.05, 0.1) is 6.61 Å². The fraction of sp³-hybridized carbons (Fsp3) is 0.250. The van der Waals surface area contributed by atoms with Crippen LogP contribution >= 0.6 is 11.6 Å². The fourth-order valence-electron chi connectivity index (χ4n) is 2.24. The minimum atomic E-state index is -0.0582. The zero-order chi connectivity index (χ0) is 13.8. The number of benzene rings is 2. The van der Waals surface area contributed by atoms with Crippen LogP contribution in [0.4, 0.5) is 11.4 Å². The molecule has 0 saturated heterocycles. The molecule has 0 amide bonds. The predicted molar refractivity (Wildman–Crippen MR) is 81.2 cm³/mol. The molecule has 0 atom stereocenters. The summed E-state index contributed by atoms with van der Waals surface area (Å²) >= 11 is 6.16. The molecule has 19 heavy (non-hydrogen) atoms. The van der Waals surface area contributed by atoms with E-state index in [4.69, 9.17) is 11.6 Å². The van der Waals surface area contributed by atoms with Gasteiger partial charge in [-0.2, -0.15) is 0 Å². The summed E-state index contributed by atoms with van der Waals surface area (Å²) in [5, 5.41) is 10.1. The van der Waals surface area contributed by atoms with Gasteiger partial charge in [0, 0.05) is 28.5 Å². The van der Waals surface area contributed by atoms with Crippen LogP contribution in [0.1, 0.15) is 18.1 Å². The lowest BCUT2D eigenvalue weighted by Crippen LogP contribution is -2.18. The van der Waals surface area contributed by atoms with Gasteiger partial charge in [-0.15, -0.1) is 0 Å². The van der Waals surface area contributed by atoms with Crippen molar-refractivity contribution in [2.24, 2.45) is 0 Å². The standard InChI is InChI=1S/C16H18ClNO/c1-3-18(13-7-4-6-12(2)10-13)16-9-5-8-15(17)14(16)11-19/h4-10,19H,3,11H2,1-2H3. The lowest BCUT2D eigenvalue weighted by Gasteiger charge is -2.26. The van der Waals surface area contributed by atoms with Crippen LogP contribution in [0.2, 0.25) is 5.02 Å². The lowest BCUT2D eigenvalue weighted by molar-refractivity contribution is 0.282. The highest BCUT2D eigenvalue weighted by molar-refractivity contribution is 6.31. The average Bonchev–Trinajstić information content (AvgIpc) is 2.40. The van der Waals surface area contributed by atoms with Crippen LogP contribution in [-0.2, 0) is 6.61 Å². The molecule has 1 N–H and O–H groups in total. The lowest BCUT2D eigenvalue weighted by atomic mass is 10.1. The summed E-state index contributed by atoms with van der Waals surface area (Å²) < 4.78 is 0. The second kappa shape index (κ2) is 6.09. The number of halogens is 1. The first-order valence-electron chi connectivity index (χ1n) is 6.39. The Morgan fingerprint density at radius 3 is 2.53 bits per heavy atom. The zero-order valence-electron chi connectivity index (χ0n) is 11.2. The largest absolute Gasteiger partial charge is 0.392 e. The number of aliphatic hydroxyl groups is 1. The first-order chi connectivity index (χ1) is 9.17.